The Kier molecular flexibility index (Phi) is 3.90. The van der Waals surface area contributed by atoms with E-state index in [2.05, 4.69) is 17.3 Å². The van der Waals surface area contributed by atoms with Crippen molar-refractivity contribution in [3.8, 4) is 0 Å². The molecule has 0 aliphatic carbocycles. The maximum absolute atomic E-state index is 11.7. The number of nitrogens with zero attached hydrogens (tertiary/aromatic N) is 1. The maximum atomic E-state index is 11.7. The molecule has 3 unspecified atom stereocenters. The Morgan fingerprint density at radius 3 is 2.33 bits per heavy atom. The second-order valence-electron chi connectivity index (χ2n) is 5.64. The number of carbonyl (C=O) groups is 2. The van der Waals surface area contributed by atoms with Crippen LogP contribution in [-0.4, -0.2) is 47.1 Å². The van der Waals surface area contributed by atoms with Crippen molar-refractivity contribution in [3.63, 3.8) is 0 Å². The number of nitrogens with one attached hydrogen (secondary N) is 1. The topological polar surface area (TPSA) is 69.6 Å². The van der Waals surface area contributed by atoms with Gasteiger partial charge in [-0.2, -0.15) is 0 Å². The fraction of sp³-hybridized carbons (Fsp3) is 0.846. The molecular formula is C13H22N2O3. The van der Waals surface area contributed by atoms with Gasteiger partial charge in [-0.05, 0) is 39.7 Å². The highest BCUT2D eigenvalue weighted by Crippen LogP contribution is 2.32. The molecule has 18 heavy (non-hydrogen) atoms. The molecule has 2 aliphatic heterocycles. The third kappa shape index (κ3) is 2.66. The largest absolute Gasteiger partial charge is 0.481 e. The molecule has 0 aromatic rings. The Morgan fingerprint density at radius 2 is 1.83 bits per heavy atom. The van der Waals surface area contributed by atoms with Gasteiger partial charge in [0.2, 0.25) is 5.91 Å². The van der Waals surface area contributed by atoms with Crippen molar-refractivity contribution in [2.75, 3.05) is 7.05 Å². The molecule has 0 aromatic heterocycles. The Hall–Kier alpha value is -1.10. The lowest BCUT2D eigenvalue weighted by Gasteiger charge is -2.47. The van der Waals surface area contributed by atoms with Gasteiger partial charge in [-0.1, -0.05) is 6.42 Å². The van der Waals surface area contributed by atoms with Gasteiger partial charge in [-0.3, -0.25) is 9.59 Å². The van der Waals surface area contributed by atoms with Gasteiger partial charge in [0.05, 0.1) is 0 Å². The average Bonchev–Trinajstić information content (AvgIpc) is 2.29. The van der Waals surface area contributed by atoms with Gasteiger partial charge >= 0.3 is 5.97 Å². The molecule has 2 saturated heterocycles. The van der Waals surface area contributed by atoms with Gasteiger partial charge in [0.25, 0.3) is 0 Å². The molecule has 0 radical (unpaired) electrons. The molecule has 2 aliphatic rings. The quantitative estimate of drug-likeness (QED) is 0.732. The lowest BCUT2D eigenvalue weighted by atomic mass is 9.82. The molecule has 2 rings (SSSR count). The summed E-state index contributed by atoms with van der Waals surface area (Å²) in [5.41, 5.74) is 0. The van der Waals surface area contributed by atoms with Gasteiger partial charge in [-0.25, -0.2) is 0 Å². The summed E-state index contributed by atoms with van der Waals surface area (Å²) in [5.74, 6) is -2.36. The minimum atomic E-state index is -1.05. The summed E-state index contributed by atoms with van der Waals surface area (Å²) in [6, 6.07) is 1.23. The third-order valence-corrected chi connectivity index (χ3v) is 4.45. The van der Waals surface area contributed by atoms with Gasteiger partial charge in [0, 0.05) is 18.1 Å². The van der Waals surface area contributed by atoms with Crippen LogP contribution in [0.5, 0.6) is 0 Å². The monoisotopic (exact) mass is 254 g/mol. The average molecular weight is 254 g/mol. The zero-order chi connectivity index (χ0) is 13.3. The van der Waals surface area contributed by atoms with Crippen LogP contribution in [0.25, 0.3) is 0 Å². The SMILES string of the molecule is CC(C(=O)O)C(=O)NC1CC2CCCC(C1)N2C. The van der Waals surface area contributed by atoms with Crippen LogP contribution in [0.1, 0.15) is 39.0 Å². The maximum Gasteiger partial charge on any atom is 0.315 e. The third-order valence-electron chi connectivity index (χ3n) is 4.45. The van der Waals surface area contributed by atoms with Crippen molar-refractivity contribution in [2.45, 2.75) is 57.2 Å². The van der Waals surface area contributed by atoms with Crippen LogP contribution >= 0.6 is 0 Å². The second-order valence-corrected chi connectivity index (χ2v) is 5.64. The summed E-state index contributed by atoms with van der Waals surface area (Å²) >= 11 is 0. The highest BCUT2D eigenvalue weighted by Gasteiger charge is 2.37. The highest BCUT2D eigenvalue weighted by atomic mass is 16.4. The molecule has 3 atom stereocenters. The van der Waals surface area contributed by atoms with E-state index in [0.29, 0.717) is 12.1 Å². The molecule has 0 saturated carbocycles. The van der Waals surface area contributed by atoms with Gasteiger partial charge in [0.1, 0.15) is 5.92 Å². The number of fused-ring (bicyclic) bond motifs is 2. The van der Waals surface area contributed by atoms with Crippen molar-refractivity contribution in [1.29, 1.82) is 0 Å². The summed E-state index contributed by atoms with van der Waals surface area (Å²) in [4.78, 5) is 24.9. The number of hydrogen-bond acceptors (Lipinski definition) is 3. The number of carbonyl (C=O) groups excluding carboxylic acids is 1. The molecule has 2 N–H and O–H groups in total. The van der Waals surface area contributed by atoms with E-state index >= 15 is 0 Å². The molecule has 2 fully saturated rings. The zero-order valence-electron chi connectivity index (χ0n) is 11.1. The number of rotatable bonds is 3. The van der Waals surface area contributed by atoms with E-state index < -0.39 is 11.9 Å². The first-order valence-electron chi connectivity index (χ1n) is 6.74. The van der Waals surface area contributed by atoms with Crippen LogP contribution < -0.4 is 5.32 Å². The first kappa shape index (κ1) is 13.3. The van der Waals surface area contributed by atoms with Crippen LogP contribution in [0, 0.1) is 5.92 Å². The standard InChI is InChI=1S/C13H22N2O3/c1-8(13(17)18)12(16)14-9-6-10-4-3-5-11(7-9)15(10)2/h8-11H,3-7H2,1-2H3,(H,14,16)(H,17,18). The number of carboxylic acid groups (broad SMARTS) is 1. The van der Waals surface area contributed by atoms with Crippen molar-refractivity contribution < 1.29 is 14.7 Å². The van der Waals surface area contributed by atoms with Crippen molar-refractivity contribution in [3.05, 3.63) is 0 Å². The minimum Gasteiger partial charge on any atom is -0.481 e. The first-order valence-corrected chi connectivity index (χ1v) is 6.74. The number of aliphatic carboxylic acids is 1. The van der Waals surface area contributed by atoms with Crippen LogP contribution in [-0.2, 0) is 9.59 Å². The van der Waals surface area contributed by atoms with E-state index in [4.69, 9.17) is 5.11 Å². The first-order chi connectivity index (χ1) is 8.49. The Morgan fingerprint density at radius 1 is 1.28 bits per heavy atom. The van der Waals surface area contributed by atoms with Crippen molar-refractivity contribution in [1.82, 2.24) is 10.2 Å². The summed E-state index contributed by atoms with van der Waals surface area (Å²) in [5, 5.41) is 11.7. The molecule has 2 bridgehead atoms. The second kappa shape index (κ2) is 5.26. The van der Waals surface area contributed by atoms with E-state index in [0.717, 1.165) is 12.8 Å². The number of amides is 1. The van der Waals surface area contributed by atoms with E-state index in [-0.39, 0.29) is 11.9 Å². The number of carboxylic acids is 1. The number of hydrogen-bond donors (Lipinski definition) is 2. The fourth-order valence-corrected chi connectivity index (χ4v) is 3.17. The van der Waals surface area contributed by atoms with Crippen molar-refractivity contribution in [2.24, 2.45) is 5.92 Å². The minimum absolute atomic E-state index is 0.144. The molecule has 2 heterocycles. The Balaban J connectivity index is 1.92. The lowest BCUT2D eigenvalue weighted by molar-refractivity contribution is -0.146. The summed E-state index contributed by atoms with van der Waals surface area (Å²) in [6.45, 7) is 1.44. The molecule has 5 heteroatoms. The molecular weight excluding hydrogens is 232 g/mol. The van der Waals surface area contributed by atoms with Crippen LogP contribution in [0.4, 0.5) is 0 Å². The van der Waals surface area contributed by atoms with Gasteiger partial charge < -0.3 is 15.3 Å². The fourth-order valence-electron chi connectivity index (χ4n) is 3.17. The van der Waals surface area contributed by atoms with Crippen molar-refractivity contribution >= 4 is 11.9 Å². The lowest BCUT2D eigenvalue weighted by Crippen LogP contribution is -2.56. The van der Waals surface area contributed by atoms with E-state index in [1.54, 1.807) is 0 Å². The Labute approximate surface area is 108 Å². The summed E-state index contributed by atoms with van der Waals surface area (Å²) in [7, 11) is 2.16. The predicted octanol–water partition coefficient (Wildman–Crippen LogP) is 0.839. The van der Waals surface area contributed by atoms with Crippen LogP contribution in [0.2, 0.25) is 0 Å². The molecule has 102 valence electrons. The number of piperidine rings is 2. The van der Waals surface area contributed by atoms with Crippen LogP contribution in [0.3, 0.4) is 0 Å². The van der Waals surface area contributed by atoms with Crippen LogP contribution in [0.15, 0.2) is 0 Å². The summed E-state index contributed by atoms with van der Waals surface area (Å²) in [6.07, 6.45) is 5.55. The highest BCUT2D eigenvalue weighted by molar-refractivity contribution is 5.96. The van der Waals surface area contributed by atoms with E-state index in [1.807, 2.05) is 0 Å². The predicted molar refractivity (Wildman–Crippen MR) is 67.2 cm³/mol. The van der Waals surface area contributed by atoms with Gasteiger partial charge in [-0.15, -0.1) is 0 Å². The molecule has 1 amide bonds. The van der Waals surface area contributed by atoms with E-state index in [1.165, 1.54) is 26.2 Å². The Bertz CT molecular complexity index is 331. The van der Waals surface area contributed by atoms with Gasteiger partial charge in [0.15, 0.2) is 0 Å². The summed E-state index contributed by atoms with van der Waals surface area (Å²) < 4.78 is 0. The molecule has 5 nitrogen and oxygen atoms in total. The van der Waals surface area contributed by atoms with E-state index in [9.17, 15) is 9.59 Å². The molecule has 0 spiro atoms. The normalized spacial score (nSPS) is 33.8. The zero-order valence-corrected chi connectivity index (χ0v) is 11.1. The molecule has 0 aromatic carbocycles. The smallest absolute Gasteiger partial charge is 0.315 e.